The fraction of sp³-hybridized carbons (Fsp3) is 0.429. The standard InChI is InChI=1S/C14H16FN3O3S/c1-10-16-17-14(21-10)11-6-8-18(9-7-11)22(19,20)13-4-2-12(15)3-5-13/h2-5,11H,6-9H2,1H3. The first-order valence-electron chi connectivity index (χ1n) is 7.02. The number of hydrogen-bond acceptors (Lipinski definition) is 5. The largest absolute Gasteiger partial charge is 0.425 e. The number of sulfonamides is 1. The summed E-state index contributed by atoms with van der Waals surface area (Å²) in [7, 11) is -3.58. The minimum Gasteiger partial charge on any atom is -0.425 e. The smallest absolute Gasteiger partial charge is 0.243 e. The van der Waals surface area contributed by atoms with E-state index < -0.39 is 15.8 Å². The third kappa shape index (κ3) is 2.89. The molecule has 8 heteroatoms. The predicted molar refractivity (Wildman–Crippen MR) is 76.2 cm³/mol. The molecular weight excluding hydrogens is 309 g/mol. The highest BCUT2D eigenvalue weighted by Gasteiger charge is 2.31. The van der Waals surface area contributed by atoms with Crippen molar-refractivity contribution in [3.05, 3.63) is 41.9 Å². The van der Waals surface area contributed by atoms with Gasteiger partial charge in [-0.25, -0.2) is 12.8 Å². The van der Waals surface area contributed by atoms with Gasteiger partial charge in [0.2, 0.25) is 21.8 Å². The molecular formula is C14H16FN3O3S. The first-order chi connectivity index (χ1) is 10.5. The molecule has 1 saturated heterocycles. The van der Waals surface area contributed by atoms with Crippen LogP contribution in [0.15, 0.2) is 33.6 Å². The summed E-state index contributed by atoms with van der Waals surface area (Å²) in [5, 5.41) is 7.80. The van der Waals surface area contributed by atoms with Gasteiger partial charge in [-0.3, -0.25) is 0 Å². The van der Waals surface area contributed by atoms with Crippen LogP contribution in [0.25, 0.3) is 0 Å². The molecule has 0 N–H and O–H groups in total. The molecule has 1 aliphatic heterocycles. The lowest BCUT2D eigenvalue weighted by atomic mass is 9.98. The van der Waals surface area contributed by atoms with Crippen molar-refractivity contribution in [1.82, 2.24) is 14.5 Å². The molecule has 3 rings (SSSR count). The Morgan fingerprint density at radius 3 is 2.36 bits per heavy atom. The number of aryl methyl sites for hydroxylation is 1. The molecule has 0 aliphatic carbocycles. The summed E-state index contributed by atoms with van der Waals surface area (Å²) in [6.45, 7) is 2.49. The van der Waals surface area contributed by atoms with Crippen molar-refractivity contribution < 1.29 is 17.2 Å². The zero-order chi connectivity index (χ0) is 15.7. The Bertz CT molecular complexity index is 750. The van der Waals surface area contributed by atoms with Crippen LogP contribution in [0.4, 0.5) is 4.39 Å². The SMILES string of the molecule is Cc1nnc(C2CCN(S(=O)(=O)c3ccc(F)cc3)CC2)o1. The summed E-state index contributed by atoms with van der Waals surface area (Å²) >= 11 is 0. The number of nitrogens with zero attached hydrogens (tertiary/aromatic N) is 3. The Kier molecular flexibility index (Phi) is 3.96. The molecule has 0 spiro atoms. The van der Waals surface area contributed by atoms with Crippen molar-refractivity contribution in [2.24, 2.45) is 0 Å². The highest BCUT2D eigenvalue weighted by molar-refractivity contribution is 7.89. The van der Waals surface area contributed by atoms with E-state index in [0.717, 1.165) is 12.1 Å². The van der Waals surface area contributed by atoms with Crippen molar-refractivity contribution in [2.45, 2.75) is 30.6 Å². The summed E-state index contributed by atoms with van der Waals surface area (Å²) in [5.74, 6) is 0.706. The number of benzene rings is 1. The summed E-state index contributed by atoms with van der Waals surface area (Å²) in [5.41, 5.74) is 0. The van der Waals surface area contributed by atoms with E-state index in [-0.39, 0.29) is 10.8 Å². The fourth-order valence-electron chi connectivity index (χ4n) is 2.58. The van der Waals surface area contributed by atoms with Gasteiger partial charge >= 0.3 is 0 Å². The maximum atomic E-state index is 12.9. The van der Waals surface area contributed by atoms with E-state index in [0.29, 0.717) is 37.7 Å². The molecule has 22 heavy (non-hydrogen) atoms. The molecule has 0 amide bonds. The van der Waals surface area contributed by atoms with E-state index in [4.69, 9.17) is 4.42 Å². The zero-order valence-corrected chi connectivity index (χ0v) is 12.9. The second kappa shape index (κ2) is 5.77. The minimum atomic E-state index is -3.58. The second-order valence-corrected chi connectivity index (χ2v) is 7.23. The Balaban J connectivity index is 1.71. The highest BCUT2D eigenvalue weighted by atomic mass is 32.2. The van der Waals surface area contributed by atoms with Gasteiger partial charge in [0.05, 0.1) is 4.90 Å². The molecule has 2 heterocycles. The van der Waals surface area contributed by atoms with Gasteiger partial charge in [0, 0.05) is 25.9 Å². The molecule has 1 aromatic heterocycles. The molecule has 1 fully saturated rings. The number of aromatic nitrogens is 2. The van der Waals surface area contributed by atoms with E-state index in [2.05, 4.69) is 10.2 Å². The Morgan fingerprint density at radius 1 is 1.18 bits per heavy atom. The Morgan fingerprint density at radius 2 is 1.82 bits per heavy atom. The monoisotopic (exact) mass is 325 g/mol. The van der Waals surface area contributed by atoms with E-state index in [1.165, 1.54) is 16.4 Å². The van der Waals surface area contributed by atoms with Crippen LogP contribution in [-0.2, 0) is 10.0 Å². The van der Waals surface area contributed by atoms with E-state index >= 15 is 0 Å². The summed E-state index contributed by atoms with van der Waals surface area (Å²) in [6, 6.07) is 4.89. The average Bonchev–Trinajstić information content (AvgIpc) is 2.94. The van der Waals surface area contributed by atoms with Crippen molar-refractivity contribution in [1.29, 1.82) is 0 Å². The lowest BCUT2D eigenvalue weighted by molar-refractivity contribution is 0.288. The summed E-state index contributed by atoms with van der Waals surface area (Å²) in [6.07, 6.45) is 1.25. The maximum Gasteiger partial charge on any atom is 0.243 e. The van der Waals surface area contributed by atoms with E-state index in [9.17, 15) is 12.8 Å². The van der Waals surface area contributed by atoms with Crippen LogP contribution in [0, 0.1) is 12.7 Å². The molecule has 1 aromatic carbocycles. The van der Waals surface area contributed by atoms with Crippen molar-refractivity contribution in [2.75, 3.05) is 13.1 Å². The Hall–Kier alpha value is -1.80. The van der Waals surface area contributed by atoms with Crippen LogP contribution in [-0.4, -0.2) is 36.0 Å². The fourth-order valence-corrected chi connectivity index (χ4v) is 4.05. The molecule has 0 bridgehead atoms. The molecule has 0 atom stereocenters. The predicted octanol–water partition coefficient (Wildman–Crippen LogP) is 2.09. The van der Waals surface area contributed by atoms with Crippen LogP contribution in [0.3, 0.4) is 0 Å². The van der Waals surface area contributed by atoms with Crippen LogP contribution in [0.5, 0.6) is 0 Å². The molecule has 0 saturated carbocycles. The first-order valence-corrected chi connectivity index (χ1v) is 8.46. The van der Waals surface area contributed by atoms with E-state index in [1.807, 2.05) is 0 Å². The molecule has 118 valence electrons. The van der Waals surface area contributed by atoms with Crippen molar-refractivity contribution >= 4 is 10.0 Å². The first kappa shape index (κ1) is 15.1. The second-order valence-electron chi connectivity index (χ2n) is 5.29. The van der Waals surface area contributed by atoms with Gasteiger partial charge in [0.25, 0.3) is 0 Å². The number of halogens is 1. The van der Waals surface area contributed by atoms with Gasteiger partial charge < -0.3 is 4.42 Å². The quantitative estimate of drug-likeness (QED) is 0.863. The van der Waals surface area contributed by atoms with Gasteiger partial charge in [-0.05, 0) is 37.1 Å². The molecule has 0 radical (unpaired) electrons. The van der Waals surface area contributed by atoms with Crippen LogP contribution >= 0.6 is 0 Å². The third-order valence-corrected chi connectivity index (χ3v) is 5.71. The molecule has 2 aromatic rings. The van der Waals surface area contributed by atoms with Gasteiger partial charge in [0.1, 0.15) is 5.82 Å². The molecule has 1 aliphatic rings. The van der Waals surface area contributed by atoms with Crippen LogP contribution in [0.2, 0.25) is 0 Å². The van der Waals surface area contributed by atoms with Crippen LogP contribution < -0.4 is 0 Å². The zero-order valence-electron chi connectivity index (χ0n) is 12.1. The minimum absolute atomic E-state index is 0.0841. The molecule has 0 unspecified atom stereocenters. The van der Waals surface area contributed by atoms with Gasteiger partial charge in [-0.2, -0.15) is 4.31 Å². The highest BCUT2D eigenvalue weighted by Crippen LogP contribution is 2.29. The third-order valence-electron chi connectivity index (χ3n) is 3.80. The molecule has 6 nitrogen and oxygen atoms in total. The number of rotatable bonds is 3. The normalized spacial score (nSPS) is 17.7. The lowest BCUT2D eigenvalue weighted by Crippen LogP contribution is -2.37. The van der Waals surface area contributed by atoms with Crippen LogP contribution in [0.1, 0.15) is 30.5 Å². The van der Waals surface area contributed by atoms with Crippen molar-refractivity contribution in [3.63, 3.8) is 0 Å². The topological polar surface area (TPSA) is 76.3 Å². The summed E-state index contributed by atoms with van der Waals surface area (Å²) < 4.78 is 44.7. The average molecular weight is 325 g/mol. The lowest BCUT2D eigenvalue weighted by Gasteiger charge is -2.29. The maximum absolute atomic E-state index is 12.9. The van der Waals surface area contributed by atoms with Crippen molar-refractivity contribution in [3.8, 4) is 0 Å². The number of hydrogen-bond donors (Lipinski definition) is 0. The van der Waals surface area contributed by atoms with Gasteiger partial charge in [0.15, 0.2) is 0 Å². The van der Waals surface area contributed by atoms with E-state index in [1.54, 1.807) is 6.92 Å². The Labute approximate surface area is 128 Å². The number of piperidine rings is 1. The van der Waals surface area contributed by atoms with Gasteiger partial charge in [-0.1, -0.05) is 0 Å². The summed E-state index contributed by atoms with van der Waals surface area (Å²) in [4.78, 5) is 0.112. The van der Waals surface area contributed by atoms with Gasteiger partial charge in [-0.15, -0.1) is 10.2 Å².